The van der Waals surface area contributed by atoms with Crippen LogP contribution in [0.25, 0.3) is 0 Å². The minimum atomic E-state index is -0.161. The molecule has 2 rings (SSSR count). The second-order valence-electron chi connectivity index (χ2n) is 7.32. The fourth-order valence-electron chi connectivity index (χ4n) is 3.16. The molecule has 0 saturated heterocycles. The summed E-state index contributed by atoms with van der Waals surface area (Å²) in [4.78, 5) is 4.79. The molecule has 0 bridgehead atoms. The Morgan fingerprint density at radius 2 is 2.25 bits per heavy atom. The van der Waals surface area contributed by atoms with Crippen molar-refractivity contribution in [1.29, 1.82) is 5.26 Å². The normalized spacial score (nSPS) is 27.2. The maximum atomic E-state index is 9.71. The van der Waals surface area contributed by atoms with Gasteiger partial charge < -0.3 is 0 Å². The molecule has 1 aromatic rings. The van der Waals surface area contributed by atoms with Crippen LogP contribution in [0.5, 0.6) is 0 Å². The maximum Gasteiger partial charge on any atom is 0.0944 e. The Bertz CT molecular complexity index is 492. The summed E-state index contributed by atoms with van der Waals surface area (Å²) in [5.41, 5.74) is 1.10. The van der Waals surface area contributed by atoms with Crippen molar-refractivity contribution in [3.63, 3.8) is 0 Å². The van der Waals surface area contributed by atoms with E-state index < -0.39 is 0 Å². The highest BCUT2D eigenvalue weighted by Crippen LogP contribution is 2.43. The van der Waals surface area contributed by atoms with Gasteiger partial charge in [0, 0.05) is 17.2 Å². The van der Waals surface area contributed by atoms with Crippen molar-refractivity contribution in [1.82, 2.24) is 4.98 Å². The minimum Gasteiger partial charge on any atom is -0.246 e. The number of hydrogen-bond donors (Lipinski definition) is 0. The molecule has 0 N–H and O–H groups in total. The third-order valence-corrected chi connectivity index (χ3v) is 5.42. The van der Waals surface area contributed by atoms with Crippen LogP contribution in [0.3, 0.4) is 0 Å². The summed E-state index contributed by atoms with van der Waals surface area (Å²) in [5, 5.41) is 13.0. The lowest BCUT2D eigenvalue weighted by molar-refractivity contribution is 0.194. The van der Waals surface area contributed by atoms with Crippen molar-refractivity contribution < 1.29 is 0 Å². The average Bonchev–Trinajstić information content (AvgIpc) is 2.87. The zero-order valence-corrected chi connectivity index (χ0v) is 14.0. The zero-order chi connectivity index (χ0) is 14.8. The third kappa shape index (κ3) is 3.41. The second-order valence-corrected chi connectivity index (χ2v) is 8.26. The van der Waals surface area contributed by atoms with E-state index in [-0.39, 0.29) is 10.8 Å². The highest BCUT2D eigenvalue weighted by atomic mass is 32.1. The lowest BCUT2D eigenvalue weighted by Gasteiger charge is -2.35. The van der Waals surface area contributed by atoms with Gasteiger partial charge >= 0.3 is 0 Å². The van der Waals surface area contributed by atoms with E-state index in [4.69, 9.17) is 4.98 Å². The molecule has 2 nitrogen and oxygen atoms in total. The first-order valence-corrected chi connectivity index (χ1v) is 8.63. The average molecular weight is 290 g/mol. The molecule has 1 aromatic heterocycles. The Kier molecular flexibility index (Phi) is 4.54. The molecule has 1 aliphatic rings. The van der Waals surface area contributed by atoms with Crippen molar-refractivity contribution in [2.45, 2.75) is 71.6 Å². The first-order valence-electron chi connectivity index (χ1n) is 7.75. The van der Waals surface area contributed by atoms with Gasteiger partial charge in [0.15, 0.2) is 0 Å². The van der Waals surface area contributed by atoms with E-state index in [1.54, 1.807) is 11.3 Å². The van der Waals surface area contributed by atoms with Crippen LogP contribution < -0.4 is 0 Å². The topological polar surface area (TPSA) is 36.7 Å². The number of nitriles is 1. The second kappa shape index (κ2) is 5.85. The Morgan fingerprint density at radius 1 is 1.50 bits per heavy atom. The van der Waals surface area contributed by atoms with Gasteiger partial charge in [0.25, 0.3) is 0 Å². The van der Waals surface area contributed by atoms with Gasteiger partial charge in [0.05, 0.1) is 22.2 Å². The van der Waals surface area contributed by atoms with Gasteiger partial charge in [-0.3, -0.25) is 0 Å². The van der Waals surface area contributed by atoms with Crippen LogP contribution in [0.4, 0.5) is 0 Å². The molecule has 0 spiro atoms. The predicted octanol–water partition coefficient (Wildman–Crippen LogP) is 5.09. The van der Waals surface area contributed by atoms with Gasteiger partial charge in [-0.15, -0.1) is 11.3 Å². The van der Waals surface area contributed by atoms with E-state index in [0.29, 0.717) is 0 Å². The third-order valence-electron chi connectivity index (χ3n) is 4.57. The molecule has 1 saturated carbocycles. The largest absolute Gasteiger partial charge is 0.246 e. The van der Waals surface area contributed by atoms with Crippen LogP contribution in [0.15, 0.2) is 5.38 Å². The molecule has 0 radical (unpaired) electrons. The highest BCUT2D eigenvalue weighted by molar-refractivity contribution is 7.09. The highest BCUT2D eigenvalue weighted by Gasteiger charge is 2.37. The molecule has 1 aliphatic carbocycles. The van der Waals surface area contributed by atoms with Crippen LogP contribution in [0.1, 0.15) is 70.5 Å². The van der Waals surface area contributed by atoms with Crippen LogP contribution in [0, 0.1) is 22.7 Å². The molecule has 2 atom stereocenters. The van der Waals surface area contributed by atoms with Crippen LogP contribution >= 0.6 is 11.3 Å². The lowest BCUT2D eigenvalue weighted by Crippen LogP contribution is -2.29. The van der Waals surface area contributed by atoms with Crippen LogP contribution in [-0.4, -0.2) is 4.98 Å². The summed E-state index contributed by atoms with van der Waals surface area (Å²) in [7, 11) is 0. The minimum absolute atomic E-state index is 0.104. The molecule has 110 valence electrons. The van der Waals surface area contributed by atoms with Crippen molar-refractivity contribution in [2.24, 2.45) is 11.3 Å². The molecular weight excluding hydrogens is 264 g/mol. The monoisotopic (exact) mass is 290 g/mol. The molecule has 2 unspecified atom stereocenters. The van der Waals surface area contributed by atoms with Crippen molar-refractivity contribution in [3.8, 4) is 6.07 Å². The molecule has 0 aliphatic heterocycles. The number of rotatable bonds is 3. The summed E-state index contributed by atoms with van der Waals surface area (Å²) in [5.74, 6) is 0.727. The Labute approximate surface area is 127 Å². The summed E-state index contributed by atoms with van der Waals surface area (Å²) >= 11 is 1.73. The maximum absolute atomic E-state index is 9.71. The summed E-state index contributed by atoms with van der Waals surface area (Å²) < 4.78 is 0. The van der Waals surface area contributed by atoms with E-state index in [1.807, 2.05) is 0 Å². The van der Waals surface area contributed by atoms with Crippen molar-refractivity contribution in [3.05, 3.63) is 16.1 Å². The standard InChI is InChI=1S/C17H26N2S/c1-5-13-7-6-8-17(9-13,12-18)10-15-19-14(11-20-15)16(2,3)4/h11,13H,5-10H2,1-4H3. The molecular formula is C17H26N2S. The number of hydrogen-bond acceptors (Lipinski definition) is 3. The molecule has 20 heavy (non-hydrogen) atoms. The van der Waals surface area contributed by atoms with E-state index in [1.165, 1.54) is 19.3 Å². The van der Waals surface area contributed by atoms with Crippen molar-refractivity contribution >= 4 is 11.3 Å². The van der Waals surface area contributed by atoms with E-state index in [0.717, 1.165) is 35.9 Å². The Hall–Kier alpha value is -0.880. The van der Waals surface area contributed by atoms with E-state index >= 15 is 0 Å². The Morgan fingerprint density at radius 3 is 2.80 bits per heavy atom. The van der Waals surface area contributed by atoms with Gasteiger partial charge in [0.1, 0.15) is 0 Å². The molecule has 1 heterocycles. The fourth-order valence-corrected chi connectivity index (χ4v) is 4.33. The van der Waals surface area contributed by atoms with Crippen LogP contribution in [0.2, 0.25) is 0 Å². The number of aromatic nitrogens is 1. The predicted molar refractivity (Wildman–Crippen MR) is 84.8 cm³/mol. The number of nitrogens with zero attached hydrogens (tertiary/aromatic N) is 2. The first-order chi connectivity index (χ1) is 9.38. The summed E-state index contributed by atoms with van der Waals surface area (Å²) in [6, 6.07) is 2.64. The SMILES string of the molecule is CCC1CCCC(C#N)(Cc2nc(C(C)(C)C)cs2)C1. The van der Waals surface area contributed by atoms with Crippen molar-refractivity contribution in [2.75, 3.05) is 0 Å². The zero-order valence-electron chi connectivity index (χ0n) is 13.2. The van der Waals surface area contributed by atoms with Gasteiger partial charge in [0.2, 0.25) is 0 Å². The van der Waals surface area contributed by atoms with E-state index in [9.17, 15) is 5.26 Å². The Balaban J connectivity index is 2.14. The van der Waals surface area contributed by atoms with Crippen LogP contribution in [-0.2, 0) is 11.8 Å². The first kappa shape index (κ1) is 15.5. The van der Waals surface area contributed by atoms with Gasteiger partial charge in [-0.2, -0.15) is 5.26 Å². The summed E-state index contributed by atoms with van der Waals surface area (Å²) in [6.07, 6.45) is 6.65. The fraction of sp³-hybridized carbons (Fsp3) is 0.765. The molecule has 0 aromatic carbocycles. The van der Waals surface area contributed by atoms with Gasteiger partial charge in [-0.1, -0.05) is 47.0 Å². The quantitative estimate of drug-likeness (QED) is 0.777. The number of thiazole rings is 1. The smallest absolute Gasteiger partial charge is 0.0944 e. The van der Waals surface area contributed by atoms with Gasteiger partial charge in [-0.25, -0.2) is 4.98 Å². The molecule has 1 fully saturated rings. The summed E-state index contributed by atoms with van der Waals surface area (Å²) in [6.45, 7) is 8.83. The van der Waals surface area contributed by atoms with E-state index in [2.05, 4.69) is 39.1 Å². The van der Waals surface area contributed by atoms with Gasteiger partial charge in [-0.05, 0) is 18.8 Å². The molecule has 0 amide bonds. The molecule has 3 heteroatoms. The lowest BCUT2D eigenvalue weighted by atomic mass is 9.68.